The van der Waals surface area contributed by atoms with Crippen LogP contribution in [0.1, 0.15) is 18.6 Å². The number of aromatic nitrogens is 6. The third-order valence-corrected chi connectivity index (χ3v) is 7.70. The number of benzene rings is 1. The zero-order valence-corrected chi connectivity index (χ0v) is 21.4. The first-order valence-corrected chi connectivity index (χ1v) is 12.8. The topological polar surface area (TPSA) is 131 Å². The minimum Gasteiger partial charge on any atom is -0.494 e. The van der Waals surface area contributed by atoms with Gasteiger partial charge in [-0.05, 0) is 25.1 Å². The number of sulfone groups is 1. The Labute approximate surface area is 213 Å². The summed E-state index contributed by atoms with van der Waals surface area (Å²) >= 11 is 0. The Balaban J connectivity index is 1.82. The molecule has 4 aromatic rings. The lowest BCUT2D eigenvalue weighted by molar-refractivity contribution is 0.390. The smallest absolute Gasteiger partial charge is 0.213 e. The SMILES string of the molecule is COc1cc(-c2nnc(CS(=O)(=O)[C@@H](C)Cc3ncc(F)cn3)n2-c2c(OC)cccc2OC)ccn1. The van der Waals surface area contributed by atoms with Gasteiger partial charge in [-0.25, -0.2) is 27.8 Å². The molecule has 0 unspecified atom stereocenters. The molecule has 3 heterocycles. The Morgan fingerprint density at radius 3 is 2.27 bits per heavy atom. The summed E-state index contributed by atoms with van der Waals surface area (Å²) < 4.78 is 58.0. The van der Waals surface area contributed by atoms with E-state index in [-0.39, 0.29) is 18.1 Å². The molecule has 0 radical (unpaired) electrons. The predicted molar refractivity (Wildman–Crippen MR) is 132 cm³/mol. The molecule has 11 nitrogen and oxygen atoms in total. The number of methoxy groups -OCH3 is 3. The Bertz CT molecular complexity index is 1470. The second kappa shape index (κ2) is 10.9. The maximum Gasteiger partial charge on any atom is 0.213 e. The number of ether oxygens (including phenoxy) is 3. The molecule has 0 aliphatic rings. The van der Waals surface area contributed by atoms with Crippen molar-refractivity contribution >= 4 is 9.84 Å². The van der Waals surface area contributed by atoms with Crippen molar-refractivity contribution in [2.75, 3.05) is 21.3 Å². The molecule has 1 aromatic carbocycles. The van der Waals surface area contributed by atoms with Gasteiger partial charge in [0.05, 0.1) is 39.0 Å². The van der Waals surface area contributed by atoms with Gasteiger partial charge in [-0.3, -0.25) is 4.57 Å². The van der Waals surface area contributed by atoms with Crippen molar-refractivity contribution in [2.45, 2.75) is 24.3 Å². The van der Waals surface area contributed by atoms with Gasteiger partial charge < -0.3 is 14.2 Å². The highest BCUT2D eigenvalue weighted by Crippen LogP contribution is 2.37. The number of para-hydroxylation sites is 1. The van der Waals surface area contributed by atoms with E-state index in [9.17, 15) is 12.8 Å². The van der Waals surface area contributed by atoms with Gasteiger partial charge in [0.25, 0.3) is 0 Å². The monoisotopic (exact) mass is 528 g/mol. The number of hydrogen-bond acceptors (Lipinski definition) is 10. The van der Waals surface area contributed by atoms with Crippen molar-refractivity contribution in [1.29, 1.82) is 0 Å². The zero-order valence-electron chi connectivity index (χ0n) is 20.6. The molecule has 13 heteroatoms. The molecule has 0 bridgehead atoms. The first-order valence-electron chi connectivity index (χ1n) is 11.1. The van der Waals surface area contributed by atoms with Crippen LogP contribution in [-0.2, 0) is 22.0 Å². The largest absolute Gasteiger partial charge is 0.494 e. The van der Waals surface area contributed by atoms with E-state index in [1.54, 1.807) is 48.0 Å². The highest BCUT2D eigenvalue weighted by atomic mass is 32.2. The minimum atomic E-state index is -3.79. The van der Waals surface area contributed by atoms with Crippen LogP contribution in [0.4, 0.5) is 4.39 Å². The Kier molecular flexibility index (Phi) is 7.62. The van der Waals surface area contributed by atoms with Gasteiger partial charge in [0.15, 0.2) is 27.3 Å². The molecule has 0 spiro atoms. The lowest BCUT2D eigenvalue weighted by Gasteiger charge is -2.18. The lowest BCUT2D eigenvalue weighted by Crippen LogP contribution is -2.24. The highest BCUT2D eigenvalue weighted by Gasteiger charge is 2.29. The van der Waals surface area contributed by atoms with Gasteiger partial charge in [0.2, 0.25) is 5.88 Å². The van der Waals surface area contributed by atoms with Crippen molar-refractivity contribution in [3.8, 4) is 34.5 Å². The fraction of sp³-hybridized carbons (Fsp3) is 0.292. The first kappa shape index (κ1) is 25.9. The number of pyridine rings is 1. The van der Waals surface area contributed by atoms with Crippen LogP contribution in [0.15, 0.2) is 48.9 Å². The summed E-state index contributed by atoms with van der Waals surface area (Å²) in [6, 6.07) is 8.57. The number of hydrogen-bond donors (Lipinski definition) is 0. The molecule has 0 aliphatic heterocycles. The summed E-state index contributed by atoms with van der Waals surface area (Å²) in [5, 5.41) is 7.67. The van der Waals surface area contributed by atoms with Crippen LogP contribution in [0.5, 0.6) is 17.4 Å². The van der Waals surface area contributed by atoms with Crippen LogP contribution in [0, 0.1) is 5.82 Å². The van der Waals surface area contributed by atoms with Crippen LogP contribution in [0.25, 0.3) is 17.1 Å². The summed E-state index contributed by atoms with van der Waals surface area (Å²) in [5.41, 5.74) is 1.02. The van der Waals surface area contributed by atoms with Gasteiger partial charge in [0, 0.05) is 24.2 Å². The van der Waals surface area contributed by atoms with Crippen LogP contribution in [-0.4, -0.2) is 64.7 Å². The molecule has 4 rings (SSSR count). The Morgan fingerprint density at radius 1 is 0.973 bits per heavy atom. The second-order valence-electron chi connectivity index (χ2n) is 8.01. The van der Waals surface area contributed by atoms with E-state index in [4.69, 9.17) is 14.2 Å². The van der Waals surface area contributed by atoms with E-state index < -0.39 is 26.7 Å². The standard InChI is InChI=1S/C24H25FN6O5S/c1-15(10-20-27-12-17(25)13-28-20)37(32,33)14-21-29-30-24(16-8-9-26-22(11-16)36-4)31(21)23-18(34-2)6-5-7-19(23)35-3/h5-9,11-13,15H,10,14H2,1-4H3/t15-/m0/s1. The van der Waals surface area contributed by atoms with E-state index in [1.807, 2.05) is 0 Å². The highest BCUT2D eigenvalue weighted by molar-refractivity contribution is 7.91. The van der Waals surface area contributed by atoms with Crippen molar-refractivity contribution in [3.05, 3.63) is 66.4 Å². The molecular weight excluding hydrogens is 503 g/mol. The molecule has 1 atom stereocenters. The van der Waals surface area contributed by atoms with E-state index in [0.717, 1.165) is 12.4 Å². The van der Waals surface area contributed by atoms with Gasteiger partial charge >= 0.3 is 0 Å². The Hall–Kier alpha value is -4.13. The molecular formula is C24H25FN6O5S. The van der Waals surface area contributed by atoms with Gasteiger partial charge in [0.1, 0.15) is 28.8 Å². The van der Waals surface area contributed by atoms with Gasteiger partial charge in [-0.2, -0.15) is 0 Å². The van der Waals surface area contributed by atoms with E-state index >= 15 is 0 Å². The summed E-state index contributed by atoms with van der Waals surface area (Å²) in [6.45, 7) is 1.54. The van der Waals surface area contributed by atoms with Gasteiger partial charge in [-0.15, -0.1) is 10.2 Å². The molecule has 0 N–H and O–H groups in total. The molecule has 194 valence electrons. The maximum atomic E-state index is 13.4. The minimum absolute atomic E-state index is 0.00312. The van der Waals surface area contributed by atoms with Crippen LogP contribution in [0.3, 0.4) is 0 Å². The van der Waals surface area contributed by atoms with Crippen LogP contribution < -0.4 is 14.2 Å². The van der Waals surface area contributed by atoms with E-state index in [1.165, 1.54) is 21.3 Å². The molecule has 0 saturated heterocycles. The first-order chi connectivity index (χ1) is 17.8. The number of nitrogens with zero attached hydrogens (tertiary/aromatic N) is 6. The quantitative estimate of drug-likeness (QED) is 0.303. The zero-order chi connectivity index (χ0) is 26.6. The molecule has 0 amide bonds. The average molecular weight is 529 g/mol. The molecule has 0 aliphatic carbocycles. The number of rotatable bonds is 10. The fourth-order valence-corrected chi connectivity index (χ4v) is 4.93. The van der Waals surface area contributed by atoms with E-state index in [0.29, 0.717) is 34.5 Å². The van der Waals surface area contributed by atoms with Crippen molar-refractivity contribution in [2.24, 2.45) is 0 Å². The summed E-state index contributed by atoms with van der Waals surface area (Å²) in [7, 11) is 0.700. The average Bonchev–Trinajstić information content (AvgIpc) is 3.31. The summed E-state index contributed by atoms with van der Waals surface area (Å²) in [4.78, 5) is 11.9. The molecule has 0 fully saturated rings. The van der Waals surface area contributed by atoms with E-state index in [2.05, 4.69) is 25.1 Å². The van der Waals surface area contributed by atoms with Crippen molar-refractivity contribution < 1.29 is 27.0 Å². The Morgan fingerprint density at radius 2 is 1.65 bits per heavy atom. The van der Waals surface area contributed by atoms with Crippen molar-refractivity contribution in [3.63, 3.8) is 0 Å². The molecule has 0 saturated carbocycles. The van der Waals surface area contributed by atoms with Crippen molar-refractivity contribution in [1.82, 2.24) is 29.7 Å². The third kappa shape index (κ3) is 5.50. The number of halogens is 1. The summed E-state index contributed by atoms with van der Waals surface area (Å²) in [6.07, 6.45) is 3.56. The maximum absolute atomic E-state index is 13.4. The fourth-order valence-electron chi connectivity index (χ4n) is 3.69. The normalized spacial score (nSPS) is 12.2. The summed E-state index contributed by atoms with van der Waals surface area (Å²) in [5.74, 6) is 0.838. The molecule has 37 heavy (non-hydrogen) atoms. The van der Waals surface area contributed by atoms with Crippen LogP contribution >= 0.6 is 0 Å². The molecule has 3 aromatic heterocycles. The predicted octanol–water partition coefficient (Wildman–Crippen LogP) is 2.83. The van der Waals surface area contributed by atoms with Crippen LogP contribution in [0.2, 0.25) is 0 Å². The lowest BCUT2D eigenvalue weighted by atomic mass is 10.2. The third-order valence-electron chi connectivity index (χ3n) is 5.64. The van der Waals surface area contributed by atoms with Gasteiger partial charge in [-0.1, -0.05) is 6.07 Å². The second-order valence-corrected chi connectivity index (χ2v) is 10.4.